The minimum absolute atomic E-state index is 0.242. The molecule has 1 unspecified atom stereocenters. The zero-order valence-corrected chi connectivity index (χ0v) is 19.8. The predicted octanol–water partition coefficient (Wildman–Crippen LogP) is 3.96. The third-order valence-corrected chi connectivity index (χ3v) is 6.88. The van der Waals surface area contributed by atoms with Gasteiger partial charge in [-0.25, -0.2) is 9.37 Å². The fraction of sp³-hybridized carbons (Fsp3) is 0.360. The van der Waals surface area contributed by atoms with Crippen molar-refractivity contribution in [1.82, 2.24) is 19.9 Å². The molecule has 2 aromatic carbocycles. The van der Waals surface area contributed by atoms with Gasteiger partial charge in [-0.15, -0.1) is 11.3 Å². The highest BCUT2D eigenvalue weighted by Crippen LogP contribution is 2.26. The molecule has 2 aromatic heterocycles. The number of β-amino-alcohol motifs (C(OH)–C–C–N with tert-alkyl or cyclic N) is 1. The number of piperazine rings is 1. The Morgan fingerprint density at radius 2 is 1.91 bits per heavy atom. The highest BCUT2D eigenvalue weighted by Gasteiger charge is 2.21. The van der Waals surface area contributed by atoms with Crippen LogP contribution in [0.15, 0.2) is 53.1 Å². The molecule has 0 saturated carbocycles. The van der Waals surface area contributed by atoms with E-state index in [1.54, 1.807) is 35.6 Å². The summed E-state index contributed by atoms with van der Waals surface area (Å²) in [5, 5.41) is 15.5. The predicted molar refractivity (Wildman–Crippen MR) is 129 cm³/mol. The molecule has 0 radical (unpaired) electrons. The molecule has 1 fully saturated rings. The van der Waals surface area contributed by atoms with Gasteiger partial charge in [-0.1, -0.05) is 17.3 Å². The fourth-order valence-corrected chi connectivity index (χ4v) is 5.00. The molecular formula is C25H27FN4O3S. The molecule has 4 aromatic rings. The zero-order valence-electron chi connectivity index (χ0n) is 19.0. The van der Waals surface area contributed by atoms with Crippen LogP contribution in [0.2, 0.25) is 0 Å². The van der Waals surface area contributed by atoms with Gasteiger partial charge in [0.1, 0.15) is 30.0 Å². The lowest BCUT2D eigenvalue weighted by Crippen LogP contribution is -2.48. The maximum absolute atomic E-state index is 14.0. The molecule has 5 rings (SSSR count). The lowest BCUT2D eigenvalue weighted by Gasteiger charge is -2.35. The number of fused-ring (bicyclic) bond motifs is 1. The van der Waals surface area contributed by atoms with Crippen molar-refractivity contribution >= 4 is 21.6 Å². The molecule has 34 heavy (non-hydrogen) atoms. The second-order valence-corrected chi connectivity index (χ2v) is 9.80. The molecule has 3 heterocycles. The van der Waals surface area contributed by atoms with Gasteiger partial charge in [0, 0.05) is 50.4 Å². The number of benzene rings is 2. The molecule has 0 spiro atoms. The number of aryl methyl sites for hydroxylation is 1. The summed E-state index contributed by atoms with van der Waals surface area (Å²) in [5.41, 5.74) is 1.89. The summed E-state index contributed by atoms with van der Waals surface area (Å²) in [6.45, 7) is 6.80. The molecular weight excluding hydrogens is 455 g/mol. The van der Waals surface area contributed by atoms with Gasteiger partial charge >= 0.3 is 0 Å². The molecule has 9 heteroatoms. The monoisotopic (exact) mass is 482 g/mol. The summed E-state index contributed by atoms with van der Waals surface area (Å²) < 4.78 is 26.4. The summed E-state index contributed by atoms with van der Waals surface area (Å²) in [6, 6.07) is 14.2. The Kier molecular flexibility index (Phi) is 6.87. The van der Waals surface area contributed by atoms with Crippen LogP contribution in [0.5, 0.6) is 5.75 Å². The van der Waals surface area contributed by atoms with Gasteiger partial charge < -0.3 is 14.4 Å². The van der Waals surface area contributed by atoms with Crippen molar-refractivity contribution in [3.05, 3.63) is 65.1 Å². The van der Waals surface area contributed by atoms with Crippen LogP contribution in [0.3, 0.4) is 0 Å². The number of nitrogens with zero attached hydrogens (tertiary/aromatic N) is 4. The second-order valence-electron chi connectivity index (χ2n) is 8.56. The molecule has 0 amide bonds. The van der Waals surface area contributed by atoms with Gasteiger partial charge in [0.05, 0.1) is 21.8 Å². The molecule has 0 aliphatic carbocycles. The lowest BCUT2D eigenvalue weighted by molar-refractivity contribution is 0.0430. The van der Waals surface area contributed by atoms with Crippen molar-refractivity contribution in [2.75, 3.05) is 39.3 Å². The molecule has 0 bridgehead atoms. The van der Waals surface area contributed by atoms with Gasteiger partial charge in [-0.3, -0.25) is 9.80 Å². The molecule has 1 N–H and O–H groups in total. The first-order chi connectivity index (χ1) is 16.5. The van der Waals surface area contributed by atoms with E-state index in [2.05, 4.69) is 19.9 Å². The number of hydrogen-bond acceptors (Lipinski definition) is 8. The maximum atomic E-state index is 14.0. The fourth-order valence-electron chi connectivity index (χ4n) is 4.19. The number of aromatic nitrogens is 2. The smallest absolute Gasteiger partial charge is 0.151 e. The van der Waals surface area contributed by atoms with Crippen LogP contribution >= 0.6 is 11.3 Å². The van der Waals surface area contributed by atoms with Crippen molar-refractivity contribution in [3.8, 4) is 17.0 Å². The third-order valence-electron chi connectivity index (χ3n) is 5.93. The first kappa shape index (κ1) is 22.9. The molecule has 1 saturated heterocycles. The number of thiazole rings is 1. The van der Waals surface area contributed by atoms with Gasteiger partial charge in [-0.05, 0) is 31.2 Å². The lowest BCUT2D eigenvalue weighted by atomic mass is 10.1. The van der Waals surface area contributed by atoms with Crippen LogP contribution in [0, 0.1) is 12.7 Å². The van der Waals surface area contributed by atoms with E-state index in [0.717, 1.165) is 47.2 Å². The van der Waals surface area contributed by atoms with E-state index in [1.165, 1.54) is 6.07 Å². The maximum Gasteiger partial charge on any atom is 0.151 e. The summed E-state index contributed by atoms with van der Waals surface area (Å²) in [5.74, 6) is 1.13. The number of halogens is 1. The first-order valence-corrected chi connectivity index (χ1v) is 12.2. The number of aliphatic hydroxyl groups excluding tert-OH is 1. The quantitative estimate of drug-likeness (QED) is 0.408. The third kappa shape index (κ3) is 5.44. The Bertz CT molecular complexity index is 1250. The van der Waals surface area contributed by atoms with Crippen LogP contribution in [0.25, 0.3) is 21.5 Å². The standard InChI is InChI=1S/C25H27FN4O3S/c1-17-27-24-12-19(6-7-25(24)34-17)32-16-18(31)14-29-8-10-30(11-9-29)15-20-13-23(28-33-20)21-4-2-3-5-22(21)26/h2-7,12-13,18,31H,8-11,14-16H2,1H3. The second kappa shape index (κ2) is 10.2. The Morgan fingerprint density at radius 3 is 2.74 bits per heavy atom. The zero-order chi connectivity index (χ0) is 23.5. The Balaban J connectivity index is 1.06. The molecule has 7 nitrogen and oxygen atoms in total. The van der Waals surface area contributed by atoms with E-state index in [9.17, 15) is 9.50 Å². The van der Waals surface area contributed by atoms with Crippen molar-refractivity contribution in [2.45, 2.75) is 19.6 Å². The molecule has 1 aliphatic rings. The van der Waals surface area contributed by atoms with E-state index in [0.29, 0.717) is 30.1 Å². The van der Waals surface area contributed by atoms with Crippen molar-refractivity contribution in [2.24, 2.45) is 0 Å². The number of hydrogen-bond donors (Lipinski definition) is 1. The van der Waals surface area contributed by atoms with Gasteiger partial charge in [0.2, 0.25) is 0 Å². The Labute approximate surface area is 201 Å². The first-order valence-electron chi connectivity index (χ1n) is 11.4. The summed E-state index contributed by atoms with van der Waals surface area (Å²) >= 11 is 1.66. The largest absolute Gasteiger partial charge is 0.491 e. The summed E-state index contributed by atoms with van der Waals surface area (Å²) in [6.07, 6.45) is -0.572. The van der Waals surface area contributed by atoms with E-state index < -0.39 is 6.10 Å². The van der Waals surface area contributed by atoms with Crippen LogP contribution in [0.1, 0.15) is 10.8 Å². The molecule has 1 aliphatic heterocycles. The average Bonchev–Trinajstić information content (AvgIpc) is 3.44. The van der Waals surface area contributed by atoms with Crippen molar-refractivity contribution < 1.29 is 18.8 Å². The minimum Gasteiger partial charge on any atom is -0.491 e. The number of rotatable bonds is 8. The van der Waals surface area contributed by atoms with Gasteiger partial charge in [-0.2, -0.15) is 0 Å². The van der Waals surface area contributed by atoms with Crippen molar-refractivity contribution in [3.63, 3.8) is 0 Å². The van der Waals surface area contributed by atoms with Crippen molar-refractivity contribution in [1.29, 1.82) is 0 Å². The normalized spacial score (nSPS) is 16.2. The highest BCUT2D eigenvalue weighted by atomic mass is 32.1. The summed E-state index contributed by atoms with van der Waals surface area (Å²) in [7, 11) is 0. The van der Waals surface area contributed by atoms with Gasteiger partial charge in [0.25, 0.3) is 0 Å². The minimum atomic E-state index is -0.572. The SMILES string of the molecule is Cc1nc2cc(OCC(O)CN3CCN(Cc4cc(-c5ccccc5F)no4)CC3)ccc2s1. The van der Waals surface area contributed by atoms with E-state index in [1.807, 2.05) is 25.1 Å². The topological polar surface area (TPSA) is 74.9 Å². The number of ether oxygens (including phenoxy) is 1. The van der Waals surface area contributed by atoms with E-state index >= 15 is 0 Å². The molecule has 1 atom stereocenters. The van der Waals surface area contributed by atoms with Gasteiger partial charge in [0.15, 0.2) is 5.76 Å². The summed E-state index contributed by atoms with van der Waals surface area (Å²) in [4.78, 5) is 9.00. The van der Waals surface area contributed by atoms with Crippen LogP contribution in [0.4, 0.5) is 4.39 Å². The van der Waals surface area contributed by atoms with E-state index in [4.69, 9.17) is 9.26 Å². The number of aliphatic hydroxyl groups is 1. The Morgan fingerprint density at radius 1 is 1.12 bits per heavy atom. The van der Waals surface area contributed by atoms with Crippen LogP contribution in [-0.4, -0.2) is 70.5 Å². The molecule has 178 valence electrons. The van der Waals surface area contributed by atoms with E-state index in [-0.39, 0.29) is 12.4 Å². The Hall–Kier alpha value is -2.85. The average molecular weight is 483 g/mol. The van der Waals surface area contributed by atoms with Crippen LogP contribution in [-0.2, 0) is 6.54 Å². The van der Waals surface area contributed by atoms with Crippen LogP contribution < -0.4 is 4.74 Å². The highest BCUT2D eigenvalue weighted by molar-refractivity contribution is 7.18.